The van der Waals surface area contributed by atoms with Gasteiger partial charge in [0.05, 0.1) is 10.6 Å². The van der Waals surface area contributed by atoms with Crippen molar-refractivity contribution < 1.29 is 22.5 Å². The average molecular weight is 463 g/mol. The maximum Gasteiger partial charge on any atom is 0.227 e. The van der Waals surface area contributed by atoms with Gasteiger partial charge in [0, 0.05) is 26.3 Å². The Morgan fingerprint density at radius 2 is 1.78 bits per heavy atom. The molecule has 32 heavy (non-hydrogen) atoms. The lowest BCUT2D eigenvalue weighted by Gasteiger charge is -2.30. The summed E-state index contributed by atoms with van der Waals surface area (Å²) in [6, 6.07) is 8.14. The summed E-state index contributed by atoms with van der Waals surface area (Å²) in [6.07, 6.45) is 5.99. The van der Waals surface area contributed by atoms with E-state index in [0.29, 0.717) is 11.7 Å². The molecular formula is C22H30N4O5S. The number of carbonyl (C=O) groups excluding carboxylic acids is 2. The molecule has 9 nitrogen and oxygen atoms in total. The van der Waals surface area contributed by atoms with Gasteiger partial charge in [0.1, 0.15) is 5.54 Å². The number of carbonyl (C=O) groups is 2. The first kappa shape index (κ1) is 23.9. The van der Waals surface area contributed by atoms with Crippen molar-refractivity contribution in [3.8, 4) is 0 Å². The molecule has 174 valence electrons. The van der Waals surface area contributed by atoms with Gasteiger partial charge in [-0.25, -0.2) is 8.42 Å². The fourth-order valence-corrected chi connectivity index (χ4v) is 5.18. The molecule has 1 saturated carbocycles. The summed E-state index contributed by atoms with van der Waals surface area (Å²) in [5.74, 6) is 0.175. The average Bonchev–Trinajstić information content (AvgIpc) is 3.13. The second-order valence-corrected chi connectivity index (χ2v) is 10.3. The first-order valence-electron chi connectivity index (χ1n) is 11.0. The number of nitrogens with zero attached hydrogens (tertiary/aromatic N) is 2. The highest BCUT2D eigenvalue weighted by Gasteiger charge is 2.38. The summed E-state index contributed by atoms with van der Waals surface area (Å²) in [5.41, 5.74) is -0.627. The summed E-state index contributed by atoms with van der Waals surface area (Å²) < 4.78 is 29.9. The van der Waals surface area contributed by atoms with Crippen LogP contribution in [0.15, 0.2) is 39.8 Å². The molecule has 3 rings (SSSR count). The van der Waals surface area contributed by atoms with E-state index in [4.69, 9.17) is 4.52 Å². The summed E-state index contributed by atoms with van der Waals surface area (Å²) in [4.78, 5) is 28.6. The van der Waals surface area contributed by atoms with E-state index in [9.17, 15) is 18.0 Å². The van der Waals surface area contributed by atoms with Crippen molar-refractivity contribution >= 4 is 21.7 Å². The molecule has 1 aromatic carbocycles. The van der Waals surface area contributed by atoms with Crippen molar-refractivity contribution in [1.82, 2.24) is 20.8 Å². The fraction of sp³-hybridized carbons (Fsp3) is 0.545. The molecular weight excluding hydrogens is 432 g/mol. The van der Waals surface area contributed by atoms with E-state index in [1.807, 2.05) is 0 Å². The van der Waals surface area contributed by atoms with Gasteiger partial charge < -0.3 is 15.2 Å². The number of sulfone groups is 1. The van der Waals surface area contributed by atoms with E-state index in [-0.39, 0.29) is 41.8 Å². The number of rotatable bonds is 9. The summed E-state index contributed by atoms with van der Waals surface area (Å²) in [5, 5.41) is 9.75. The lowest BCUT2D eigenvalue weighted by Crippen LogP contribution is -2.45. The Labute approximate surface area is 188 Å². The summed E-state index contributed by atoms with van der Waals surface area (Å²) in [6.45, 7) is 1.51. The first-order valence-corrected chi connectivity index (χ1v) is 12.6. The second kappa shape index (κ2) is 10.7. The van der Waals surface area contributed by atoms with Crippen molar-refractivity contribution in [3.05, 3.63) is 42.0 Å². The molecule has 0 saturated heterocycles. The van der Waals surface area contributed by atoms with Gasteiger partial charge in [-0.3, -0.25) is 9.59 Å². The highest BCUT2D eigenvalue weighted by molar-refractivity contribution is 7.91. The van der Waals surface area contributed by atoms with Crippen LogP contribution in [-0.4, -0.2) is 42.7 Å². The topological polar surface area (TPSA) is 131 Å². The molecule has 0 unspecified atom stereocenters. The molecule has 0 radical (unpaired) electrons. The molecule has 0 spiro atoms. The molecule has 2 amide bonds. The second-order valence-electron chi connectivity index (χ2n) is 8.17. The molecule has 1 heterocycles. The van der Waals surface area contributed by atoms with Crippen LogP contribution in [0.25, 0.3) is 0 Å². The van der Waals surface area contributed by atoms with Gasteiger partial charge in [-0.15, -0.1) is 0 Å². The monoisotopic (exact) mass is 462 g/mol. The van der Waals surface area contributed by atoms with Gasteiger partial charge >= 0.3 is 0 Å². The minimum Gasteiger partial charge on any atom is -0.355 e. The third-order valence-corrected chi connectivity index (χ3v) is 7.36. The zero-order valence-electron chi connectivity index (χ0n) is 18.3. The molecule has 0 aliphatic heterocycles. The highest BCUT2D eigenvalue weighted by atomic mass is 32.2. The van der Waals surface area contributed by atoms with Crippen LogP contribution < -0.4 is 10.6 Å². The van der Waals surface area contributed by atoms with E-state index >= 15 is 0 Å². The Hall–Kier alpha value is -2.75. The third-order valence-electron chi connectivity index (χ3n) is 5.63. The molecule has 1 aliphatic rings. The van der Waals surface area contributed by atoms with Crippen LogP contribution >= 0.6 is 0 Å². The van der Waals surface area contributed by atoms with Crippen LogP contribution in [0.5, 0.6) is 0 Å². The zero-order valence-corrected chi connectivity index (χ0v) is 19.1. The largest absolute Gasteiger partial charge is 0.355 e. The van der Waals surface area contributed by atoms with Gasteiger partial charge in [0.25, 0.3) is 0 Å². The fourth-order valence-electron chi connectivity index (χ4n) is 4.00. The first-order chi connectivity index (χ1) is 15.3. The van der Waals surface area contributed by atoms with Gasteiger partial charge in [-0.05, 0) is 25.0 Å². The molecule has 10 heteroatoms. The van der Waals surface area contributed by atoms with Crippen molar-refractivity contribution in [2.45, 2.75) is 68.7 Å². The highest BCUT2D eigenvalue weighted by Crippen LogP contribution is 2.34. The maximum atomic E-state index is 12.3. The predicted octanol–water partition coefficient (Wildman–Crippen LogP) is 2.28. The van der Waals surface area contributed by atoms with Gasteiger partial charge in [0.15, 0.2) is 15.7 Å². The van der Waals surface area contributed by atoms with Gasteiger partial charge in [0.2, 0.25) is 17.7 Å². The zero-order chi connectivity index (χ0) is 23.0. The third kappa shape index (κ3) is 6.38. The van der Waals surface area contributed by atoms with Crippen LogP contribution in [0.2, 0.25) is 0 Å². The minimum atomic E-state index is -3.44. The number of aromatic nitrogens is 2. The van der Waals surface area contributed by atoms with Crippen molar-refractivity contribution in [3.63, 3.8) is 0 Å². The molecule has 1 fully saturated rings. The smallest absolute Gasteiger partial charge is 0.227 e. The number of hydrogen-bond donors (Lipinski definition) is 2. The molecule has 1 aromatic heterocycles. The molecule has 2 aromatic rings. The number of benzene rings is 1. The van der Waals surface area contributed by atoms with Gasteiger partial charge in [-0.2, -0.15) is 4.98 Å². The maximum absolute atomic E-state index is 12.3. The van der Waals surface area contributed by atoms with Crippen molar-refractivity contribution in [1.29, 1.82) is 0 Å². The Kier molecular flexibility index (Phi) is 8.00. The van der Waals surface area contributed by atoms with E-state index in [0.717, 1.165) is 38.5 Å². The Morgan fingerprint density at radius 1 is 1.09 bits per heavy atom. The predicted molar refractivity (Wildman–Crippen MR) is 117 cm³/mol. The van der Waals surface area contributed by atoms with Crippen LogP contribution in [0.4, 0.5) is 0 Å². The number of hydrogen-bond acceptors (Lipinski definition) is 7. The molecule has 0 atom stereocenters. The van der Waals surface area contributed by atoms with E-state index in [1.165, 1.54) is 19.1 Å². The number of amides is 2. The van der Waals surface area contributed by atoms with Crippen molar-refractivity contribution in [2.75, 3.05) is 12.3 Å². The Bertz CT molecular complexity index is 1010. The van der Waals surface area contributed by atoms with Crippen LogP contribution in [0.1, 0.15) is 63.6 Å². The lowest BCUT2D eigenvalue weighted by molar-refractivity contribution is -0.122. The quantitative estimate of drug-likeness (QED) is 0.547. The van der Waals surface area contributed by atoms with E-state index < -0.39 is 15.4 Å². The van der Waals surface area contributed by atoms with Crippen LogP contribution in [0, 0.1) is 0 Å². The number of aryl methyl sites for hydroxylation is 1. The molecule has 2 N–H and O–H groups in total. The molecule has 1 aliphatic carbocycles. The summed E-state index contributed by atoms with van der Waals surface area (Å²) >= 11 is 0. The standard InChI is InChI=1S/C22H30N4O5S/c1-17(27)25-22(13-7-2-3-8-14-22)21-24-20(31-26-21)12-11-19(28)23-15-16-32(29,30)18-9-5-4-6-10-18/h4-6,9-10H,2-3,7-8,11-16H2,1H3,(H,23,28)(H,25,27). The minimum absolute atomic E-state index is 0.0246. The van der Waals surface area contributed by atoms with Crippen LogP contribution in [-0.2, 0) is 31.4 Å². The summed E-state index contributed by atoms with van der Waals surface area (Å²) in [7, 11) is -3.44. The number of nitrogens with one attached hydrogen (secondary N) is 2. The SMILES string of the molecule is CC(=O)NC1(c2noc(CCC(=O)NCCS(=O)(=O)c3ccccc3)n2)CCCCCC1. The Morgan fingerprint density at radius 3 is 2.44 bits per heavy atom. The van der Waals surface area contributed by atoms with Crippen LogP contribution in [0.3, 0.4) is 0 Å². The lowest BCUT2D eigenvalue weighted by atomic mass is 9.89. The van der Waals surface area contributed by atoms with E-state index in [2.05, 4.69) is 20.8 Å². The van der Waals surface area contributed by atoms with Gasteiger partial charge in [-0.1, -0.05) is 49.0 Å². The normalized spacial score (nSPS) is 16.2. The van der Waals surface area contributed by atoms with Crippen molar-refractivity contribution in [2.24, 2.45) is 0 Å². The Balaban J connectivity index is 1.52. The molecule has 0 bridgehead atoms. The van der Waals surface area contributed by atoms with E-state index in [1.54, 1.807) is 18.2 Å².